The van der Waals surface area contributed by atoms with E-state index in [4.69, 9.17) is 5.73 Å². The van der Waals surface area contributed by atoms with E-state index >= 15 is 0 Å². The highest BCUT2D eigenvalue weighted by Crippen LogP contribution is 2.31. The van der Waals surface area contributed by atoms with Gasteiger partial charge in [0.25, 0.3) is 11.1 Å². The lowest BCUT2D eigenvalue weighted by molar-refractivity contribution is 0.607. The molecule has 0 amide bonds. The number of fused-ring (bicyclic) bond motifs is 1. The molecule has 0 radical (unpaired) electrons. The quantitative estimate of drug-likeness (QED) is 0.728. The zero-order valence-corrected chi connectivity index (χ0v) is 12.3. The number of anilines is 1. The summed E-state index contributed by atoms with van der Waals surface area (Å²) in [4.78, 5) is 33.6. The maximum Gasteiger partial charge on any atom is 0.265 e. The minimum Gasteiger partial charge on any atom is -0.383 e. The van der Waals surface area contributed by atoms with Gasteiger partial charge in [0.05, 0.1) is 5.39 Å². The van der Waals surface area contributed by atoms with E-state index in [-0.39, 0.29) is 17.7 Å². The molecule has 3 heterocycles. The molecule has 3 aromatic heterocycles. The van der Waals surface area contributed by atoms with Crippen LogP contribution in [0.3, 0.4) is 0 Å². The van der Waals surface area contributed by atoms with Crippen molar-refractivity contribution in [1.29, 1.82) is 0 Å². The van der Waals surface area contributed by atoms with Crippen LogP contribution >= 0.6 is 11.3 Å². The van der Waals surface area contributed by atoms with Gasteiger partial charge in [-0.15, -0.1) is 11.3 Å². The van der Waals surface area contributed by atoms with Gasteiger partial charge in [0.1, 0.15) is 17.2 Å². The van der Waals surface area contributed by atoms with Crippen molar-refractivity contribution >= 4 is 27.4 Å². The van der Waals surface area contributed by atoms with Crippen molar-refractivity contribution in [2.24, 2.45) is 0 Å². The average molecular weight is 303 g/mol. The Bertz CT molecular complexity index is 953. The van der Waals surface area contributed by atoms with Crippen molar-refractivity contribution in [1.82, 2.24) is 19.7 Å². The summed E-state index contributed by atoms with van der Waals surface area (Å²) < 4.78 is 1.16. The predicted octanol–water partition coefficient (Wildman–Crippen LogP) is 0.789. The number of nitrogens with zero attached hydrogens (tertiary/aromatic N) is 3. The molecule has 8 heteroatoms. The number of aromatic nitrogens is 4. The fourth-order valence-corrected chi connectivity index (χ4v) is 3.17. The standard InChI is InChI=1S/C13H13N5O2S/c1-6-7(2)21-13-11(6)12(14)15-8(16-13)5-18-10(20)4-3-9(19)17-18/h3-4H,5H2,1-2H3,(H,17,19)(H2,14,15,16). The number of aromatic amines is 1. The van der Waals surface area contributed by atoms with E-state index < -0.39 is 0 Å². The Balaban J connectivity index is 2.11. The molecule has 0 saturated heterocycles. The maximum absolute atomic E-state index is 11.7. The van der Waals surface area contributed by atoms with Crippen molar-refractivity contribution in [3.05, 3.63) is 49.1 Å². The first-order valence-corrected chi connectivity index (χ1v) is 7.09. The number of nitrogens with two attached hydrogens (primary N) is 1. The largest absolute Gasteiger partial charge is 0.383 e. The van der Waals surface area contributed by atoms with Crippen LogP contribution in [-0.2, 0) is 6.54 Å². The second-order valence-electron chi connectivity index (χ2n) is 4.72. The Hall–Kier alpha value is -2.48. The first-order valence-electron chi connectivity index (χ1n) is 6.28. The summed E-state index contributed by atoms with van der Waals surface area (Å²) in [6.07, 6.45) is 0. The molecule has 7 nitrogen and oxygen atoms in total. The molecule has 0 unspecified atom stereocenters. The second-order valence-corrected chi connectivity index (χ2v) is 5.93. The first kappa shape index (κ1) is 13.5. The number of hydrogen-bond donors (Lipinski definition) is 2. The van der Waals surface area contributed by atoms with Gasteiger partial charge in [-0.2, -0.15) is 0 Å². The van der Waals surface area contributed by atoms with Gasteiger partial charge in [0.15, 0.2) is 5.82 Å². The van der Waals surface area contributed by atoms with Crippen LogP contribution in [0.2, 0.25) is 0 Å². The lowest BCUT2D eigenvalue weighted by Gasteiger charge is -2.05. The fourth-order valence-electron chi connectivity index (χ4n) is 2.12. The minimum atomic E-state index is -0.355. The highest BCUT2D eigenvalue weighted by atomic mass is 32.1. The highest BCUT2D eigenvalue weighted by Gasteiger charge is 2.13. The van der Waals surface area contributed by atoms with Gasteiger partial charge in [-0.3, -0.25) is 14.7 Å². The first-order chi connectivity index (χ1) is 9.95. The van der Waals surface area contributed by atoms with Crippen LogP contribution in [0.15, 0.2) is 21.7 Å². The maximum atomic E-state index is 11.7. The van der Waals surface area contributed by atoms with Gasteiger partial charge in [0, 0.05) is 17.0 Å². The van der Waals surface area contributed by atoms with E-state index in [1.807, 2.05) is 13.8 Å². The molecule has 0 spiro atoms. The lowest BCUT2D eigenvalue weighted by atomic mass is 10.2. The van der Waals surface area contributed by atoms with E-state index in [9.17, 15) is 9.59 Å². The number of aryl methyl sites for hydroxylation is 2. The van der Waals surface area contributed by atoms with Crippen LogP contribution in [0.1, 0.15) is 16.3 Å². The summed E-state index contributed by atoms with van der Waals surface area (Å²) in [5.41, 5.74) is 6.38. The average Bonchev–Trinajstić information content (AvgIpc) is 2.70. The summed E-state index contributed by atoms with van der Waals surface area (Å²) in [5.74, 6) is 0.786. The van der Waals surface area contributed by atoms with Gasteiger partial charge >= 0.3 is 0 Å². The third-order valence-electron chi connectivity index (χ3n) is 3.29. The molecule has 108 valence electrons. The van der Waals surface area contributed by atoms with Crippen molar-refractivity contribution in [3.63, 3.8) is 0 Å². The number of thiophene rings is 1. The van der Waals surface area contributed by atoms with Gasteiger partial charge in [-0.1, -0.05) is 0 Å². The van der Waals surface area contributed by atoms with Crippen LogP contribution in [-0.4, -0.2) is 19.7 Å². The Kier molecular flexibility index (Phi) is 3.09. The molecule has 3 rings (SSSR count). The van der Waals surface area contributed by atoms with Gasteiger partial charge in [-0.25, -0.2) is 14.6 Å². The van der Waals surface area contributed by atoms with Gasteiger partial charge < -0.3 is 5.73 Å². The van der Waals surface area contributed by atoms with Gasteiger partial charge in [-0.05, 0) is 19.4 Å². The summed E-state index contributed by atoms with van der Waals surface area (Å²) in [6.45, 7) is 4.05. The number of nitrogen functional groups attached to an aromatic ring is 1. The van der Waals surface area contributed by atoms with E-state index in [1.165, 1.54) is 23.5 Å². The van der Waals surface area contributed by atoms with Crippen LogP contribution in [0, 0.1) is 13.8 Å². The molecule has 0 fully saturated rings. The predicted molar refractivity (Wildman–Crippen MR) is 81.7 cm³/mol. The van der Waals surface area contributed by atoms with Crippen LogP contribution in [0.4, 0.5) is 5.82 Å². The summed E-state index contributed by atoms with van der Waals surface area (Å²) >= 11 is 1.53. The van der Waals surface area contributed by atoms with Crippen LogP contribution in [0.5, 0.6) is 0 Å². The molecular weight excluding hydrogens is 290 g/mol. The molecule has 0 aliphatic rings. The van der Waals surface area contributed by atoms with E-state index in [0.717, 1.165) is 25.3 Å². The minimum absolute atomic E-state index is 0.0745. The Morgan fingerprint density at radius 1 is 1.29 bits per heavy atom. The van der Waals surface area contributed by atoms with Gasteiger partial charge in [0.2, 0.25) is 0 Å². The zero-order chi connectivity index (χ0) is 15.1. The van der Waals surface area contributed by atoms with E-state index in [1.54, 1.807) is 0 Å². The summed E-state index contributed by atoms with van der Waals surface area (Å²) in [6, 6.07) is 2.39. The molecule has 21 heavy (non-hydrogen) atoms. The third-order valence-corrected chi connectivity index (χ3v) is 4.39. The zero-order valence-electron chi connectivity index (χ0n) is 11.5. The smallest absolute Gasteiger partial charge is 0.265 e. The lowest BCUT2D eigenvalue weighted by Crippen LogP contribution is -2.29. The van der Waals surface area contributed by atoms with Crippen LogP contribution < -0.4 is 16.9 Å². The second kappa shape index (κ2) is 4.81. The Labute approximate surface area is 123 Å². The van der Waals surface area contributed by atoms with Crippen molar-refractivity contribution < 1.29 is 0 Å². The molecule has 0 bridgehead atoms. The number of hydrogen-bond acceptors (Lipinski definition) is 6. The SMILES string of the molecule is Cc1sc2nc(Cn3[nH]c(=O)ccc3=O)nc(N)c2c1C. The van der Waals surface area contributed by atoms with Crippen molar-refractivity contribution in [3.8, 4) is 0 Å². The molecule has 3 N–H and O–H groups in total. The normalized spacial score (nSPS) is 11.1. The molecular formula is C13H13N5O2S. The topological polar surface area (TPSA) is 107 Å². The number of nitrogens with one attached hydrogen (secondary N) is 1. The Morgan fingerprint density at radius 2 is 2.05 bits per heavy atom. The van der Waals surface area contributed by atoms with Crippen LogP contribution in [0.25, 0.3) is 10.2 Å². The monoisotopic (exact) mass is 303 g/mol. The molecule has 0 saturated carbocycles. The van der Waals surface area contributed by atoms with E-state index in [0.29, 0.717) is 11.6 Å². The number of H-pyrrole nitrogens is 1. The molecule has 0 aliphatic heterocycles. The molecule has 0 aliphatic carbocycles. The third kappa shape index (κ3) is 2.33. The Morgan fingerprint density at radius 3 is 2.81 bits per heavy atom. The van der Waals surface area contributed by atoms with E-state index in [2.05, 4.69) is 15.1 Å². The van der Waals surface area contributed by atoms with Crippen molar-refractivity contribution in [2.45, 2.75) is 20.4 Å². The highest BCUT2D eigenvalue weighted by molar-refractivity contribution is 7.18. The fraction of sp³-hybridized carbons (Fsp3) is 0.231. The molecule has 0 atom stereocenters. The molecule has 3 aromatic rings. The molecule has 0 aromatic carbocycles. The summed E-state index contributed by atoms with van der Waals surface area (Å²) in [5, 5.41) is 3.30. The van der Waals surface area contributed by atoms with Crippen molar-refractivity contribution in [2.75, 3.05) is 5.73 Å². The summed E-state index contributed by atoms with van der Waals surface area (Å²) in [7, 11) is 0. The number of rotatable bonds is 2.